The van der Waals surface area contributed by atoms with Gasteiger partial charge in [-0.05, 0) is 73.2 Å². The van der Waals surface area contributed by atoms with Crippen LogP contribution in [-0.2, 0) is 41.2 Å². The van der Waals surface area contributed by atoms with Crippen molar-refractivity contribution >= 4 is 55.4 Å². The number of nitrogens with one attached hydrogen (secondary N) is 2. The van der Waals surface area contributed by atoms with Crippen molar-refractivity contribution in [3.63, 3.8) is 0 Å². The number of aliphatic hydroxyl groups excluding tert-OH is 1. The molecule has 0 bridgehead atoms. The molecule has 0 heterocycles. The Balaban J connectivity index is 1.17. The Hall–Kier alpha value is -3.89. The molecule has 12 nitrogen and oxygen atoms in total. The lowest BCUT2D eigenvalue weighted by Gasteiger charge is -2.43. The number of ether oxygens (including phenoxy) is 3. The van der Waals surface area contributed by atoms with Crippen LogP contribution in [0.3, 0.4) is 0 Å². The largest absolute Gasteiger partial charge is 0.509 e. The number of benzene rings is 3. The number of aliphatic hydroxyl groups is 1. The summed E-state index contributed by atoms with van der Waals surface area (Å²) in [5, 5.41) is 18.2. The van der Waals surface area contributed by atoms with Gasteiger partial charge in [-0.2, -0.15) is 0 Å². The van der Waals surface area contributed by atoms with E-state index in [4.69, 9.17) is 25.4 Å². The molecule has 1 amide bonds. The lowest BCUT2D eigenvalue weighted by atomic mass is 9.71. The molecular formula is C36H43N3O9S3. The summed E-state index contributed by atoms with van der Waals surface area (Å²) >= 11 is 0. The summed E-state index contributed by atoms with van der Waals surface area (Å²) < 4.78 is 43.7. The van der Waals surface area contributed by atoms with Crippen molar-refractivity contribution in [2.75, 3.05) is 31.3 Å². The fourth-order valence-corrected chi connectivity index (χ4v) is 8.63. The topological polar surface area (TPSA) is 195 Å². The van der Waals surface area contributed by atoms with Gasteiger partial charge < -0.3 is 30.5 Å². The number of hydrogen-bond donors (Lipinski definition) is 4. The molecule has 3 aromatic rings. The van der Waals surface area contributed by atoms with Gasteiger partial charge in [0.05, 0.1) is 23.1 Å². The SMILES string of the molecule is CC(=O)C(C(=N)c1ccc(S(=O)(=O)NC(=O)OCCSSCCOC(=O)O[C@]2(c3cccc(CO)c3)CCCC[C@@H]2CN)cc1)c1ccccc1. The predicted molar refractivity (Wildman–Crippen MR) is 197 cm³/mol. The number of sulfonamides is 1. The Bertz CT molecular complexity index is 1760. The Morgan fingerprint density at radius 1 is 0.980 bits per heavy atom. The Morgan fingerprint density at radius 3 is 2.31 bits per heavy atom. The summed E-state index contributed by atoms with van der Waals surface area (Å²) in [6.07, 6.45) is 1.33. The van der Waals surface area contributed by atoms with Gasteiger partial charge >= 0.3 is 12.2 Å². The lowest BCUT2D eigenvalue weighted by Crippen LogP contribution is -2.45. The van der Waals surface area contributed by atoms with Gasteiger partial charge in [0.1, 0.15) is 24.6 Å². The number of carbonyl (C=O) groups is 3. The third-order valence-electron chi connectivity index (χ3n) is 8.55. The third kappa shape index (κ3) is 10.8. The van der Waals surface area contributed by atoms with Crippen LogP contribution in [0.4, 0.5) is 9.59 Å². The molecule has 51 heavy (non-hydrogen) atoms. The first kappa shape index (κ1) is 39.9. The number of ketones is 1. The van der Waals surface area contributed by atoms with Crippen molar-refractivity contribution in [1.82, 2.24) is 4.72 Å². The zero-order valence-corrected chi connectivity index (χ0v) is 30.7. The summed E-state index contributed by atoms with van der Waals surface area (Å²) in [5.74, 6) is -0.324. The maximum absolute atomic E-state index is 12.8. The smallest absolute Gasteiger partial charge is 0.448 e. The van der Waals surface area contributed by atoms with Gasteiger partial charge in [-0.1, -0.05) is 88.7 Å². The van der Waals surface area contributed by atoms with E-state index >= 15 is 0 Å². The van der Waals surface area contributed by atoms with Gasteiger partial charge in [0, 0.05) is 17.4 Å². The van der Waals surface area contributed by atoms with E-state index in [2.05, 4.69) is 0 Å². The van der Waals surface area contributed by atoms with Crippen molar-refractivity contribution in [2.24, 2.45) is 11.7 Å². The van der Waals surface area contributed by atoms with Crippen LogP contribution in [0.1, 0.15) is 60.8 Å². The molecule has 0 spiro atoms. The van der Waals surface area contributed by atoms with Gasteiger partial charge in [-0.25, -0.2) is 22.7 Å². The fraction of sp³-hybridized carbons (Fsp3) is 0.389. The van der Waals surface area contributed by atoms with E-state index in [9.17, 15) is 27.9 Å². The second kappa shape index (κ2) is 19.1. The Labute approximate surface area is 306 Å². The van der Waals surface area contributed by atoms with Crippen LogP contribution < -0.4 is 10.5 Å². The second-order valence-corrected chi connectivity index (χ2v) is 16.3. The van der Waals surface area contributed by atoms with Crippen LogP contribution >= 0.6 is 21.6 Å². The zero-order chi connectivity index (χ0) is 36.9. The van der Waals surface area contributed by atoms with Crippen LogP contribution in [0.5, 0.6) is 0 Å². The quantitative estimate of drug-likeness (QED) is 0.0551. The number of hydrogen-bond acceptors (Lipinski definition) is 13. The molecule has 1 saturated carbocycles. The third-order valence-corrected chi connectivity index (χ3v) is 12.2. The van der Waals surface area contributed by atoms with E-state index in [0.29, 0.717) is 35.6 Å². The summed E-state index contributed by atoms with van der Waals surface area (Å²) in [5.41, 5.74) is 7.73. The standard InChI is InChI=1S/C36H43N3O9S3/c1-25(41)32(27-9-3-2-4-10-27)33(38)28-13-15-31(16-14-28)51(44,45)39-34(42)46-18-20-49-50-21-19-47-35(43)48-36(17-6-5-11-30(36)23-37)29-12-7-8-26(22-29)24-40/h2-4,7-10,12-16,22,30,32,38,40H,5-6,11,17-21,23-24,37H2,1H3,(H,39,42)/t30-,32?,36+/m1/s1. The molecule has 15 heteroatoms. The van der Waals surface area contributed by atoms with Gasteiger partial charge in [0.2, 0.25) is 0 Å². The van der Waals surface area contributed by atoms with Crippen molar-refractivity contribution in [2.45, 2.75) is 55.6 Å². The van der Waals surface area contributed by atoms with Crippen molar-refractivity contribution in [1.29, 1.82) is 5.41 Å². The maximum Gasteiger partial charge on any atom is 0.509 e. The molecule has 3 aromatic carbocycles. The van der Waals surface area contributed by atoms with Gasteiger partial charge in [0.25, 0.3) is 10.0 Å². The molecule has 0 aromatic heterocycles. The minimum absolute atomic E-state index is 0.0291. The molecule has 0 radical (unpaired) electrons. The van der Waals surface area contributed by atoms with E-state index in [1.165, 1.54) is 52.8 Å². The summed E-state index contributed by atoms with van der Waals surface area (Å²) in [6.45, 7) is 1.62. The number of rotatable bonds is 17. The van der Waals surface area contributed by atoms with Gasteiger partial charge in [-0.3, -0.25) is 4.79 Å². The molecule has 1 unspecified atom stereocenters. The maximum atomic E-state index is 12.8. The molecule has 5 N–H and O–H groups in total. The van der Waals surface area contributed by atoms with E-state index in [-0.39, 0.29) is 42.1 Å². The average molecular weight is 758 g/mol. The minimum Gasteiger partial charge on any atom is -0.448 e. The van der Waals surface area contributed by atoms with E-state index in [1.54, 1.807) is 30.3 Å². The first-order valence-electron chi connectivity index (χ1n) is 16.4. The highest BCUT2D eigenvalue weighted by Crippen LogP contribution is 2.45. The van der Waals surface area contributed by atoms with Crippen molar-refractivity contribution in [3.05, 3.63) is 101 Å². The highest BCUT2D eigenvalue weighted by atomic mass is 33.1. The van der Waals surface area contributed by atoms with Crippen molar-refractivity contribution < 1.29 is 42.1 Å². The van der Waals surface area contributed by atoms with Crippen LogP contribution in [-0.4, -0.2) is 68.5 Å². The highest BCUT2D eigenvalue weighted by molar-refractivity contribution is 8.76. The number of nitrogens with two attached hydrogens (primary N) is 1. The molecule has 1 aliphatic carbocycles. The van der Waals surface area contributed by atoms with Crippen molar-refractivity contribution in [3.8, 4) is 0 Å². The number of amides is 1. The van der Waals surface area contributed by atoms with Crippen LogP contribution in [0.15, 0.2) is 83.8 Å². The van der Waals surface area contributed by atoms with E-state index < -0.39 is 33.8 Å². The zero-order valence-electron chi connectivity index (χ0n) is 28.2. The molecule has 0 aliphatic heterocycles. The molecule has 4 rings (SSSR count). The normalized spacial score (nSPS) is 17.9. The summed E-state index contributed by atoms with van der Waals surface area (Å²) in [7, 11) is -1.51. The first-order valence-corrected chi connectivity index (χ1v) is 20.4. The second-order valence-electron chi connectivity index (χ2n) is 11.9. The van der Waals surface area contributed by atoms with Crippen LogP contribution in [0.25, 0.3) is 0 Å². The average Bonchev–Trinajstić information content (AvgIpc) is 3.13. The molecule has 0 saturated heterocycles. The predicted octanol–water partition coefficient (Wildman–Crippen LogP) is 5.91. The first-order chi connectivity index (χ1) is 24.5. The molecule has 3 atom stereocenters. The monoisotopic (exact) mass is 757 g/mol. The Kier molecular flexibility index (Phi) is 14.9. The molecular weight excluding hydrogens is 715 g/mol. The van der Waals surface area contributed by atoms with Crippen LogP contribution in [0.2, 0.25) is 0 Å². The molecule has 274 valence electrons. The van der Waals surface area contributed by atoms with Gasteiger partial charge in [0.15, 0.2) is 0 Å². The highest BCUT2D eigenvalue weighted by Gasteiger charge is 2.45. The van der Waals surface area contributed by atoms with Crippen LogP contribution in [0, 0.1) is 11.3 Å². The molecule has 1 fully saturated rings. The van der Waals surface area contributed by atoms with E-state index in [1.807, 2.05) is 29.0 Å². The lowest BCUT2D eigenvalue weighted by molar-refractivity contribution is -0.117. The Morgan fingerprint density at radius 2 is 1.67 bits per heavy atom. The molecule has 1 aliphatic rings. The van der Waals surface area contributed by atoms with E-state index in [0.717, 1.165) is 30.4 Å². The fourth-order valence-electron chi connectivity index (χ4n) is 6.08. The summed E-state index contributed by atoms with van der Waals surface area (Å²) in [6, 6.07) is 21.6. The van der Waals surface area contributed by atoms with Gasteiger partial charge in [-0.15, -0.1) is 0 Å². The number of Topliss-reactive ketones (excluding diaryl/α,β-unsaturated/α-hetero) is 1. The minimum atomic E-state index is -4.25. The number of carbonyl (C=O) groups excluding carboxylic acids is 3. The summed E-state index contributed by atoms with van der Waals surface area (Å²) in [4.78, 5) is 37.1.